The molecule has 4 aromatic rings. The van der Waals surface area contributed by atoms with Gasteiger partial charge in [0, 0.05) is 41.0 Å². The Morgan fingerprint density at radius 2 is 1.69 bits per heavy atom. The number of anilines is 1. The quantitative estimate of drug-likeness (QED) is 0.305. The van der Waals surface area contributed by atoms with Crippen LogP contribution in [0.5, 0.6) is 5.75 Å². The normalized spacial score (nSPS) is 11.3. The average Bonchev–Trinajstić information content (AvgIpc) is 3.14. The zero-order chi connectivity index (χ0) is 22.9. The van der Waals surface area contributed by atoms with Crippen LogP contribution in [0.25, 0.3) is 22.0 Å². The lowest BCUT2D eigenvalue weighted by atomic mass is 10.0. The van der Waals surface area contributed by atoms with Crippen LogP contribution >= 0.6 is 0 Å². The van der Waals surface area contributed by atoms with Crippen molar-refractivity contribution in [2.75, 3.05) is 11.8 Å². The Morgan fingerprint density at radius 1 is 1.00 bits per heavy atom. The molecular weight excluding hydrogens is 430 g/mol. The van der Waals surface area contributed by atoms with Gasteiger partial charge in [-0.1, -0.05) is 12.1 Å². The zero-order valence-corrected chi connectivity index (χ0v) is 18.2. The number of nitrogens with zero attached hydrogens (tertiary/aromatic N) is 1. The van der Waals surface area contributed by atoms with Gasteiger partial charge in [0.2, 0.25) is 0 Å². The number of rotatable bonds is 6. The van der Waals surface area contributed by atoms with E-state index in [1.165, 1.54) is 29.7 Å². The highest BCUT2D eigenvalue weighted by atomic mass is 32.2. The number of aryl methyl sites for hydroxylation is 1. The number of hydrogen-bond acceptors (Lipinski definition) is 5. The molecule has 0 fully saturated rings. The molecule has 1 amide bonds. The minimum atomic E-state index is -3.88. The maximum atomic E-state index is 12.8. The maximum absolute atomic E-state index is 12.8. The van der Waals surface area contributed by atoms with E-state index in [1.54, 1.807) is 19.2 Å². The van der Waals surface area contributed by atoms with Gasteiger partial charge in [-0.05, 0) is 60.2 Å². The first-order valence-corrected chi connectivity index (χ1v) is 11.1. The smallest absolute Gasteiger partial charge is 0.274 e. The topological polar surface area (TPSA) is 110 Å². The van der Waals surface area contributed by atoms with Gasteiger partial charge >= 0.3 is 0 Å². The van der Waals surface area contributed by atoms with E-state index < -0.39 is 15.9 Å². The number of benzene rings is 3. The second-order valence-corrected chi connectivity index (χ2v) is 8.87. The number of aromatic nitrogens is 1. The number of carbonyl (C=O) groups is 1. The van der Waals surface area contributed by atoms with Crippen LogP contribution in [0.15, 0.2) is 77.8 Å². The predicted molar refractivity (Wildman–Crippen MR) is 121 cm³/mol. The van der Waals surface area contributed by atoms with Crippen LogP contribution in [0.4, 0.5) is 5.69 Å². The molecule has 0 saturated heterocycles. The maximum Gasteiger partial charge on any atom is 0.274 e. The van der Waals surface area contributed by atoms with Crippen molar-refractivity contribution in [3.63, 3.8) is 0 Å². The van der Waals surface area contributed by atoms with Gasteiger partial charge in [0.25, 0.3) is 15.9 Å². The lowest BCUT2D eigenvalue weighted by molar-refractivity contribution is 0.0706. The molecule has 0 radical (unpaired) electrons. The Hall–Kier alpha value is -3.82. The highest BCUT2D eigenvalue weighted by molar-refractivity contribution is 7.92. The molecule has 1 heterocycles. The van der Waals surface area contributed by atoms with Crippen LogP contribution in [0.3, 0.4) is 0 Å². The fourth-order valence-corrected chi connectivity index (χ4v) is 4.57. The van der Waals surface area contributed by atoms with E-state index in [0.717, 1.165) is 27.8 Å². The Bertz CT molecular complexity index is 1390. The third-order valence-corrected chi connectivity index (χ3v) is 6.57. The van der Waals surface area contributed by atoms with Gasteiger partial charge in [-0.3, -0.25) is 14.7 Å². The van der Waals surface area contributed by atoms with E-state index in [-0.39, 0.29) is 10.5 Å². The summed E-state index contributed by atoms with van der Waals surface area (Å²) in [5, 5.41) is 9.59. The van der Waals surface area contributed by atoms with E-state index in [2.05, 4.69) is 4.72 Å². The lowest BCUT2D eigenvalue weighted by Gasteiger charge is -2.10. The molecule has 0 aliphatic carbocycles. The molecule has 4 rings (SSSR count). The molecule has 32 heavy (non-hydrogen) atoms. The Balaban J connectivity index is 1.68. The summed E-state index contributed by atoms with van der Waals surface area (Å²) < 4.78 is 35.5. The van der Waals surface area contributed by atoms with Gasteiger partial charge < -0.3 is 9.30 Å². The molecule has 8 nitrogen and oxygen atoms in total. The van der Waals surface area contributed by atoms with E-state index in [4.69, 9.17) is 9.94 Å². The predicted octanol–water partition coefficient (Wildman–Crippen LogP) is 3.77. The standard InChI is InChI=1S/C23H21N3O5S/c1-26-14-21(15-3-8-18(31-2)9-4-15)20-13-17(7-12-22(20)26)25-32(29,30)19-10-5-16(6-11-19)23(27)24-28/h3-14,25,28H,1-2H3,(H,24,27). The van der Waals surface area contributed by atoms with Crippen LogP contribution in [-0.2, 0) is 17.1 Å². The van der Waals surface area contributed by atoms with Crippen LogP contribution in [0.2, 0.25) is 0 Å². The van der Waals surface area contributed by atoms with Gasteiger partial charge in [-0.15, -0.1) is 0 Å². The third kappa shape index (κ3) is 4.03. The molecule has 0 spiro atoms. The Morgan fingerprint density at radius 3 is 2.31 bits per heavy atom. The Kier molecular flexibility index (Phi) is 5.60. The third-order valence-electron chi connectivity index (χ3n) is 5.17. The average molecular weight is 452 g/mol. The molecule has 0 aliphatic rings. The summed E-state index contributed by atoms with van der Waals surface area (Å²) in [7, 11) is -0.333. The summed E-state index contributed by atoms with van der Waals surface area (Å²) in [6.45, 7) is 0. The lowest BCUT2D eigenvalue weighted by Crippen LogP contribution is -2.19. The molecule has 164 valence electrons. The van der Waals surface area contributed by atoms with Crippen molar-refractivity contribution in [1.82, 2.24) is 10.0 Å². The van der Waals surface area contributed by atoms with E-state index in [9.17, 15) is 13.2 Å². The van der Waals surface area contributed by atoms with Crippen molar-refractivity contribution in [1.29, 1.82) is 0 Å². The van der Waals surface area contributed by atoms with Crippen molar-refractivity contribution in [2.24, 2.45) is 7.05 Å². The van der Waals surface area contributed by atoms with Crippen molar-refractivity contribution in [3.05, 3.63) is 78.5 Å². The van der Waals surface area contributed by atoms with Crippen molar-refractivity contribution in [2.45, 2.75) is 4.90 Å². The second-order valence-electron chi connectivity index (χ2n) is 7.18. The molecule has 0 atom stereocenters. The molecule has 0 bridgehead atoms. The number of amides is 1. The fraction of sp³-hybridized carbons (Fsp3) is 0.0870. The largest absolute Gasteiger partial charge is 0.497 e. The van der Waals surface area contributed by atoms with Gasteiger partial charge in [-0.2, -0.15) is 0 Å². The molecule has 0 aliphatic heterocycles. The Labute approximate surface area is 185 Å². The van der Waals surface area contributed by atoms with Gasteiger partial charge in [0.15, 0.2) is 0 Å². The number of carbonyl (C=O) groups excluding carboxylic acids is 1. The SMILES string of the molecule is COc1ccc(-c2cn(C)c3ccc(NS(=O)(=O)c4ccc(C(=O)NO)cc4)cc23)cc1. The number of methoxy groups -OCH3 is 1. The summed E-state index contributed by atoms with van der Waals surface area (Å²) in [4.78, 5) is 11.4. The molecule has 0 unspecified atom stereocenters. The monoisotopic (exact) mass is 451 g/mol. The highest BCUT2D eigenvalue weighted by Crippen LogP contribution is 2.33. The summed E-state index contributed by atoms with van der Waals surface area (Å²) in [5.74, 6) is 0.0346. The first-order valence-electron chi connectivity index (χ1n) is 9.63. The van der Waals surface area contributed by atoms with Crippen molar-refractivity contribution >= 4 is 32.5 Å². The fourth-order valence-electron chi connectivity index (χ4n) is 3.52. The van der Waals surface area contributed by atoms with Gasteiger partial charge in [0.05, 0.1) is 12.0 Å². The number of hydroxylamine groups is 1. The second kappa shape index (κ2) is 8.37. The van der Waals surface area contributed by atoms with E-state index in [0.29, 0.717) is 5.69 Å². The summed E-state index contributed by atoms with van der Waals surface area (Å²) in [6, 6.07) is 18.3. The van der Waals surface area contributed by atoms with Gasteiger partial charge in [0.1, 0.15) is 5.75 Å². The first-order chi connectivity index (χ1) is 15.3. The number of hydrogen-bond donors (Lipinski definition) is 3. The number of fused-ring (bicyclic) bond motifs is 1. The highest BCUT2D eigenvalue weighted by Gasteiger charge is 2.17. The molecule has 0 saturated carbocycles. The number of ether oxygens (including phenoxy) is 1. The number of sulfonamides is 1. The molecule has 9 heteroatoms. The summed E-state index contributed by atoms with van der Waals surface area (Å²) in [5.41, 5.74) is 4.96. The van der Waals surface area contributed by atoms with Crippen molar-refractivity contribution in [3.8, 4) is 16.9 Å². The minimum Gasteiger partial charge on any atom is -0.497 e. The molecule has 3 N–H and O–H groups in total. The molecular formula is C23H21N3O5S. The van der Waals surface area contributed by atoms with Crippen LogP contribution in [0.1, 0.15) is 10.4 Å². The first kappa shape index (κ1) is 21.4. The molecule has 3 aromatic carbocycles. The zero-order valence-electron chi connectivity index (χ0n) is 17.4. The van der Waals surface area contributed by atoms with Gasteiger partial charge in [-0.25, -0.2) is 13.9 Å². The van der Waals surface area contributed by atoms with Crippen molar-refractivity contribution < 1.29 is 23.2 Å². The van der Waals surface area contributed by atoms with Crippen LogP contribution in [-0.4, -0.2) is 31.2 Å². The molecule has 1 aromatic heterocycles. The minimum absolute atomic E-state index is 0.00414. The van der Waals surface area contributed by atoms with Crippen LogP contribution in [0, 0.1) is 0 Å². The summed E-state index contributed by atoms with van der Waals surface area (Å²) >= 11 is 0. The number of nitrogens with one attached hydrogen (secondary N) is 2. The summed E-state index contributed by atoms with van der Waals surface area (Å²) in [6.07, 6.45) is 2.00. The van der Waals surface area contributed by atoms with E-state index >= 15 is 0 Å². The van der Waals surface area contributed by atoms with E-state index in [1.807, 2.05) is 48.1 Å². The van der Waals surface area contributed by atoms with Crippen LogP contribution < -0.4 is 14.9 Å².